The van der Waals surface area contributed by atoms with Crippen LogP contribution < -0.4 is 0 Å². The molecule has 5 nitrogen and oxygen atoms in total. The second-order valence-electron chi connectivity index (χ2n) is 6.14. The van der Waals surface area contributed by atoms with Crippen molar-refractivity contribution in [2.45, 2.75) is 32.6 Å². The molecule has 146 valence electrons. The van der Waals surface area contributed by atoms with Crippen molar-refractivity contribution in [1.29, 1.82) is 0 Å². The summed E-state index contributed by atoms with van der Waals surface area (Å²) < 4.78 is 5.39. The van der Waals surface area contributed by atoms with E-state index in [4.69, 9.17) is 14.8 Å². The minimum absolute atomic E-state index is 0.194. The highest BCUT2D eigenvalue weighted by Gasteiger charge is 2.09. The predicted molar refractivity (Wildman–Crippen MR) is 112 cm³/mol. The molecule has 0 radical (unpaired) electrons. The number of aliphatic carboxylic acids is 1. The molecular formula is C23H26N2O3. The maximum Gasteiger partial charge on any atom is 0.335 e. The highest BCUT2D eigenvalue weighted by Crippen LogP contribution is 2.22. The lowest BCUT2D eigenvalue weighted by molar-refractivity contribution is -0.132. The van der Waals surface area contributed by atoms with Crippen LogP contribution in [-0.2, 0) is 9.53 Å². The predicted octanol–water partition coefficient (Wildman–Crippen LogP) is 5.12. The van der Waals surface area contributed by atoms with Gasteiger partial charge in [-0.25, -0.2) is 14.8 Å². The minimum atomic E-state index is -0.975. The number of hydrogen-bond acceptors (Lipinski definition) is 4. The van der Waals surface area contributed by atoms with E-state index in [1.807, 2.05) is 31.2 Å². The Morgan fingerprint density at radius 3 is 2.86 bits per heavy atom. The summed E-state index contributed by atoms with van der Waals surface area (Å²) >= 11 is 0. The van der Waals surface area contributed by atoms with E-state index in [0.29, 0.717) is 12.2 Å². The van der Waals surface area contributed by atoms with Gasteiger partial charge in [-0.15, -0.1) is 0 Å². The lowest BCUT2D eigenvalue weighted by Gasteiger charge is -2.09. The zero-order chi connectivity index (χ0) is 20.4. The number of aromatic nitrogens is 2. The van der Waals surface area contributed by atoms with E-state index < -0.39 is 5.97 Å². The maximum absolute atomic E-state index is 11.1. The number of allylic oxidation sites excluding steroid dienone is 8. The number of rotatable bonds is 8. The van der Waals surface area contributed by atoms with Crippen LogP contribution in [0.3, 0.4) is 0 Å². The first kappa shape index (κ1) is 21.1. The van der Waals surface area contributed by atoms with Crippen molar-refractivity contribution in [3.05, 3.63) is 84.2 Å². The summed E-state index contributed by atoms with van der Waals surface area (Å²) in [6, 6.07) is 1.87. The first-order valence-electron chi connectivity index (χ1n) is 9.30. The molecule has 28 heavy (non-hydrogen) atoms. The summed E-state index contributed by atoms with van der Waals surface area (Å²) in [5.74, 6) is 0.438. The van der Waals surface area contributed by atoms with Crippen molar-refractivity contribution in [3.63, 3.8) is 0 Å². The minimum Gasteiger partial charge on any atom is -0.497 e. The van der Waals surface area contributed by atoms with E-state index in [1.165, 1.54) is 6.08 Å². The molecule has 1 aromatic heterocycles. The Labute approximate surface area is 166 Å². The molecule has 0 spiro atoms. The van der Waals surface area contributed by atoms with Gasteiger partial charge in [0.15, 0.2) is 5.82 Å². The normalized spacial score (nSPS) is 18.9. The summed E-state index contributed by atoms with van der Waals surface area (Å²) in [6.45, 7) is 5.58. The van der Waals surface area contributed by atoms with Crippen LogP contribution >= 0.6 is 0 Å². The third-order valence-electron chi connectivity index (χ3n) is 4.31. The molecule has 0 fully saturated rings. The Kier molecular flexibility index (Phi) is 8.15. The molecule has 0 unspecified atom stereocenters. The van der Waals surface area contributed by atoms with E-state index in [1.54, 1.807) is 19.4 Å². The molecule has 0 saturated heterocycles. The molecule has 1 N–H and O–H groups in total. The lowest BCUT2D eigenvalue weighted by atomic mass is 10.1. The van der Waals surface area contributed by atoms with Gasteiger partial charge in [0.2, 0.25) is 0 Å². The summed E-state index contributed by atoms with van der Waals surface area (Å²) in [4.78, 5) is 20.2. The molecule has 2 rings (SSSR count). The highest BCUT2D eigenvalue weighted by atomic mass is 16.5. The number of nitrogens with zero attached hydrogens (tertiary/aromatic N) is 2. The highest BCUT2D eigenvalue weighted by molar-refractivity contribution is 5.89. The zero-order valence-electron chi connectivity index (χ0n) is 16.4. The molecule has 1 heterocycles. The van der Waals surface area contributed by atoms with Crippen molar-refractivity contribution in [1.82, 2.24) is 9.97 Å². The van der Waals surface area contributed by atoms with Gasteiger partial charge < -0.3 is 9.84 Å². The molecule has 0 saturated carbocycles. The largest absolute Gasteiger partial charge is 0.497 e. The fraction of sp³-hybridized carbons (Fsp3) is 0.261. The van der Waals surface area contributed by atoms with Crippen LogP contribution in [-0.4, -0.2) is 28.2 Å². The molecular weight excluding hydrogens is 352 g/mol. The average molecular weight is 378 g/mol. The molecule has 1 aromatic rings. The first-order valence-corrected chi connectivity index (χ1v) is 9.30. The number of carboxylic acids is 1. The van der Waals surface area contributed by atoms with Crippen LogP contribution in [0.15, 0.2) is 72.7 Å². The van der Waals surface area contributed by atoms with Gasteiger partial charge in [-0.2, -0.15) is 0 Å². The Balaban J connectivity index is 2.32. The average Bonchev–Trinajstić information content (AvgIpc) is 2.68. The first-order chi connectivity index (χ1) is 13.6. The van der Waals surface area contributed by atoms with Crippen molar-refractivity contribution in [2.75, 3.05) is 7.11 Å². The second kappa shape index (κ2) is 10.8. The number of hydrogen-bond donors (Lipinski definition) is 1. The third-order valence-corrected chi connectivity index (χ3v) is 4.31. The SMILES string of the molecule is C=C/C(=C\C/C=C(\CC)c1ccnc(C2=C/CCC=C/C(OC)=C\2)n1)C(=O)O. The molecule has 0 aromatic carbocycles. The Hall–Kier alpha value is -3.21. The van der Waals surface area contributed by atoms with Crippen molar-refractivity contribution in [3.8, 4) is 0 Å². The summed E-state index contributed by atoms with van der Waals surface area (Å²) in [5, 5.41) is 9.07. The van der Waals surface area contributed by atoms with E-state index in [9.17, 15) is 4.79 Å². The standard InChI is InChI=1S/C23H26N2O3/c1-4-17(11-9-12-18(5-2)23(26)27)21-14-15-24-22(25-21)19-10-7-6-8-13-20(16-19)28-3/h5,8,10-16H,2,4,6-7,9H2,1,3H3,(H,26,27)/b13-8?,17-11+,18-12+,19-10+,20-16+. The van der Waals surface area contributed by atoms with Gasteiger partial charge in [0.1, 0.15) is 5.76 Å². The van der Waals surface area contributed by atoms with Crippen LogP contribution in [0.4, 0.5) is 0 Å². The molecule has 0 atom stereocenters. The summed E-state index contributed by atoms with van der Waals surface area (Å²) in [6.07, 6.45) is 17.9. The molecule has 0 aliphatic heterocycles. The molecule has 0 bridgehead atoms. The van der Waals surface area contributed by atoms with Gasteiger partial charge >= 0.3 is 5.97 Å². The maximum atomic E-state index is 11.1. The van der Waals surface area contributed by atoms with Crippen LogP contribution in [0, 0.1) is 0 Å². The number of carboxylic acid groups (broad SMARTS) is 1. The van der Waals surface area contributed by atoms with Crippen molar-refractivity contribution < 1.29 is 14.6 Å². The Morgan fingerprint density at radius 1 is 1.36 bits per heavy atom. The van der Waals surface area contributed by atoms with Crippen LogP contribution in [0.25, 0.3) is 11.1 Å². The van der Waals surface area contributed by atoms with E-state index in [2.05, 4.69) is 23.7 Å². The quantitative estimate of drug-likeness (QED) is 0.502. The summed E-state index contributed by atoms with van der Waals surface area (Å²) in [7, 11) is 1.65. The van der Waals surface area contributed by atoms with Gasteiger partial charge in [0, 0.05) is 11.8 Å². The Morgan fingerprint density at radius 2 is 2.18 bits per heavy atom. The van der Waals surface area contributed by atoms with E-state index in [-0.39, 0.29) is 5.57 Å². The molecule has 0 amide bonds. The van der Waals surface area contributed by atoms with Crippen LogP contribution in [0.5, 0.6) is 0 Å². The van der Waals surface area contributed by atoms with Gasteiger partial charge in [-0.3, -0.25) is 0 Å². The van der Waals surface area contributed by atoms with Gasteiger partial charge in [0.05, 0.1) is 18.4 Å². The smallest absolute Gasteiger partial charge is 0.335 e. The second-order valence-corrected chi connectivity index (χ2v) is 6.14. The van der Waals surface area contributed by atoms with E-state index in [0.717, 1.165) is 41.9 Å². The van der Waals surface area contributed by atoms with Crippen LogP contribution in [0.2, 0.25) is 0 Å². The molecule has 1 aliphatic rings. The molecule has 5 heteroatoms. The number of ether oxygens (including phenoxy) is 1. The fourth-order valence-corrected chi connectivity index (χ4v) is 2.77. The van der Waals surface area contributed by atoms with Crippen molar-refractivity contribution >= 4 is 17.1 Å². The third kappa shape index (κ3) is 5.91. The monoisotopic (exact) mass is 378 g/mol. The topological polar surface area (TPSA) is 72.3 Å². The van der Waals surface area contributed by atoms with Crippen molar-refractivity contribution in [2.24, 2.45) is 0 Å². The van der Waals surface area contributed by atoms with Gasteiger partial charge in [-0.05, 0) is 49.5 Å². The number of carbonyl (C=O) groups is 1. The molecule has 1 aliphatic carbocycles. The summed E-state index contributed by atoms with van der Waals surface area (Å²) in [5.41, 5.74) is 3.00. The fourth-order valence-electron chi connectivity index (χ4n) is 2.77. The number of methoxy groups -OCH3 is 1. The Bertz CT molecular complexity index is 874. The van der Waals surface area contributed by atoms with Gasteiger partial charge in [0.25, 0.3) is 0 Å². The van der Waals surface area contributed by atoms with Gasteiger partial charge in [-0.1, -0.05) is 43.9 Å². The zero-order valence-corrected chi connectivity index (χ0v) is 16.4. The van der Waals surface area contributed by atoms with E-state index >= 15 is 0 Å². The lowest BCUT2D eigenvalue weighted by Crippen LogP contribution is -1.99. The van der Waals surface area contributed by atoms with Crippen LogP contribution in [0.1, 0.15) is 44.1 Å².